The summed E-state index contributed by atoms with van der Waals surface area (Å²) in [6, 6.07) is 48.4. The fraction of sp³-hybridized carbons (Fsp3) is 0. The van der Waals surface area contributed by atoms with Gasteiger partial charge in [0, 0.05) is 66.1 Å². The van der Waals surface area contributed by atoms with Crippen LogP contribution in [0.1, 0.15) is 0 Å². The Morgan fingerprint density at radius 3 is 0.576 bits per heavy atom. The molecular formula is C76H34F12N4. The van der Waals surface area contributed by atoms with Gasteiger partial charge in [0.05, 0.1) is 44.8 Å². The molecule has 3 aliphatic rings. The molecule has 14 aromatic rings. The van der Waals surface area contributed by atoms with E-state index in [-0.39, 0.29) is 133 Å². The summed E-state index contributed by atoms with van der Waals surface area (Å²) in [4.78, 5) is 17.9. The summed E-state index contributed by atoms with van der Waals surface area (Å²) in [6.45, 7) is 0. The molecule has 17 rings (SSSR count). The molecule has 92 heavy (non-hydrogen) atoms. The van der Waals surface area contributed by atoms with Crippen molar-refractivity contribution in [3.8, 4) is 89.5 Å². The van der Waals surface area contributed by atoms with Crippen LogP contribution in [0.15, 0.2) is 194 Å². The Bertz CT molecular complexity index is 5250. The van der Waals surface area contributed by atoms with Gasteiger partial charge in [-0.2, -0.15) is 0 Å². The number of H-pyrrole nitrogens is 2. The number of fused-ring (bicyclic) bond motifs is 4. The van der Waals surface area contributed by atoms with Crippen molar-refractivity contribution in [2.45, 2.75) is 0 Å². The van der Waals surface area contributed by atoms with E-state index in [9.17, 15) is 0 Å². The average molecular weight is 1230 g/mol. The highest BCUT2D eigenvalue weighted by atomic mass is 19.2. The minimum absolute atomic E-state index is 0.00321. The third kappa shape index (κ3) is 8.15. The normalized spacial score (nSPS) is 12.1. The first-order chi connectivity index (χ1) is 44.5. The van der Waals surface area contributed by atoms with E-state index in [4.69, 9.17) is 9.97 Å². The fourth-order valence-corrected chi connectivity index (χ4v) is 13.5. The van der Waals surface area contributed by atoms with Crippen molar-refractivity contribution in [1.29, 1.82) is 0 Å². The Kier molecular flexibility index (Phi) is 11.9. The number of hydrogen-bond acceptors (Lipinski definition) is 2. The number of nitrogens with one attached hydrogen (secondary N) is 2. The van der Waals surface area contributed by atoms with Gasteiger partial charge in [-0.15, -0.1) is 0 Å². The van der Waals surface area contributed by atoms with Gasteiger partial charge < -0.3 is 9.97 Å². The van der Waals surface area contributed by atoms with Crippen LogP contribution in [0.3, 0.4) is 0 Å². The largest absolute Gasteiger partial charge is 0.353 e. The molecule has 0 fully saturated rings. The molecule has 0 unspecified atom stereocenters. The molecule has 442 valence electrons. The molecule has 2 N–H and O–H groups in total. The number of nitrogens with zero attached hydrogens (tertiary/aromatic N) is 2. The second kappa shape index (κ2) is 20.0. The second-order valence-electron chi connectivity index (χ2n) is 22.9. The van der Waals surface area contributed by atoms with Crippen molar-refractivity contribution in [2.24, 2.45) is 0 Å². The second-order valence-corrected chi connectivity index (χ2v) is 22.9. The van der Waals surface area contributed by atoms with Gasteiger partial charge in [-0.25, -0.2) is 62.7 Å². The molecule has 8 bridgehead atoms. The van der Waals surface area contributed by atoms with Crippen LogP contribution in [0.2, 0.25) is 0 Å². The summed E-state index contributed by atoms with van der Waals surface area (Å²) in [7, 11) is 0. The molecule has 4 nitrogen and oxygen atoms in total. The lowest BCUT2D eigenvalue weighted by Crippen LogP contribution is -1.95. The monoisotopic (exact) mass is 1230 g/mol. The molecule has 0 atom stereocenters. The van der Waals surface area contributed by atoms with Gasteiger partial charge in [0.25, 0.3) is 0 Å². The van der Waals surface area contributed by atoms with Gasteiger partial charge in [0.2, 0.25) is 0 Å². The molecule has 12 aromatic carbocycles. The Balaban J connectivity index is 1.25. The highest BCUT2D eigenvalue weighted by Crippen LogP contribution is 2.54. The zero-order chi connectivity index (χ0) is 62.9. The van der Waals surface area contributed by atoms with E-state index in [0.717, 1.165) is 48.5 Å². The first-order valence-corrected chi connectivity index (χ1v) is 28.7. The number of hydrogen-bond donors (Lipinski definition) is 2. The standard InChI is InChI=1S/C76H34F12N4/c77-53-25-41(26-54(78)65(53)85)61-69-45-17-33-9-1-2-10-34(33)18-46(45)70(89-69)62(42-27-55(79)66(86)56(80)28-42)72-49-21-37-13-5-6-14-38(37)22-50(49)74(91-72)64(44-31-59(83)68(88)60(84)32-44)76-52-24-40-16-8-7-15-39(40)23-51(52)75(92-76)63(43-29-57(81)67(87)58(82)30-43)73-48-20-36-12-4-3-11-35(36)19-47(48)71(61)90-73/h1-32,89,92H. The van der Waals surface area contributed by atoms with Gasteiger partial charge in [-0.1, -0.05) is 97.1 Å². The zero-order valence-corrected chi connectivity index (χ0v) is 46.9. The SMILES string of the molecule is Fc1cc(-c2c3nc(c(-c4cc(F)c(F)c(F)c4)c4[nH]c(c(-c5cc(F)c(F)c(F)c5)c5nc(c(-c6cc(F)c(F)c(F)c6)c6[nH]c2c2cc7ccccc7cc62)-c2cc6ccccc6cc2-5)c2cc5ccccc5cc42)-c2cc4ccccc4cc2-3)cc(F)c1F. The van der Waals surface area contributed by atoms with Crippen molar-refractivity contribution in [2.75, 3.05) is 0 Å². The van der Waals surface area contributed by atoms with Crippen LogP contribution in [0.5, 0.6) is 0 Å². The van der Waals surface area contributed by atoms with Gasteiger partial charge >= 0.3 is 0 Å². The van der Waals surface area contributed by atoms with Gasteiger partial charge in [0.15, 0.2) is 69.8 Å². The molecule has 2 aliphatic heterocycles. The van der Waals surface area contributed by atoms with Crippen LogP contribution in [-0.4, -0.2) is 19.9 Å². The maximum atomic E-state index is 16.4. The molecule has 2 aromatic heterocycles. The third-order valence-corrected chi connectivity index (χ3v) is 17.6. The van der Waals surface area contributed by atoms with Crippen LogP contribution >= 0.6 is 0 Å². The lowest BCUT2D eigenvalue weighted by Gasteiger charge is -2.11. The van der Waals surface area contributed by atoms with Crippen molar-refractivity contribution >= 4 is 86.7 Å². The van der Waals surface area contributed by atoms with E-state index in [0.29, 0.717) is 43.1 Å². The quantitative estimate of drug-likeness (QED) is 0.136. The number of benzene rings is 12. The Labute approximate surface area is 510 Å². The summed E-state index contributed by atoms with van der Waals surface area (Å²) < 4.78 is 194. The number of rotatable bonds is 4. The molecule has 0 radical (unpaired) electrons. The minimum atomic E-state index is -1.81. The van der Waals surface area contributed by atoms with Gasteiger partial charge in [-0.05, 0) is 162 Å². The van der Waals surface area contributed by atoms with E-state index in [1.165, 1.54) is 0 Å². The topological polar surface area (TPSA) is 57.4 Å². The Morgan fingerprint density at radius 2 is 0.391 bits per heavy atom. The molecular weight excluding hydrogens is 1200 g/mol. The smallest absolute Gasteiger partial charge is 0.194 e. The predicted octanol–water partition coefficient (Wildman–Crippen LogP) is 22.2. The van der Waals surface area contributed by atoms with Crippen LogP contribution in [0.4, 0.5) is 52.7 Å². The number of halogens is 12. The molecule has 16 heteroatoms. The summed E-state index contributed by atoms with van der Waals surface area (Å²) in [5.74, 6) is -20.2. The molecule has 1 aliphatic carbocycles. The lowest BCUT2D eigenvalue weighted by atomic mass is 9.91. The minimum Gasteiger partial charge on any atom is -0.353 e. The maximum absolute atomic E-state index is 16.4. The molecule has 0 amide bonds. The third-order valence-electron chi connectivity index (χ3n) is 17.6. The van der Waals surface area contributed by atoms with E-state index >= 15 is 52.7 Å². The first kappa shape index (κ1) is 54.6. The van der Waals surface area contributed by atoms with Crippen molar-refractivity contribution < 1.29 is 52.7 Å². The highest BCUT2D eigenvalue weighted by molar-refractivity contribution is 6.25. The van der Waals surface area contributed by atoms with Crippen molar-refractivity contribution in [3.63, 3.8) is 0 Å². The zero-order valence-electron chi connectivity index (χ0n) is 46.9. The van der Waals surface area contributed by atoms with Gasteiger partial charge in [0.1, 0.15) is 0 Å². The fourth-order valence-electron chi connectivity index (χ4n) is 13.5. The first-order valence-electron chi connectivity index (χ1n) is 28.7. The van der Waals surface area contributed by atoms with Crippen molar-refractivity contribution in [1.82, 2.24) is 19.9 Å². The Hall–Kier alpha value is -11.5. The van der Waals surface area contributed by atoms with Gasteiger partial charge in [-0.3, -0.25) is 0 Å². The average Bonchev–Trinajstić information content (AvgIpc) is 1.55. The van der Waals surface area contributed by atoms with Crippen LogP contribution in [-0.2, 0) is 0 Å². The molecule has 0 saturated carbocycles. The molecule has 0 saturated heterocycles. The van der Waals surface area contributed by atoms with Crippen LogP contribution in [0.25, 0.3) is 176 Å². The predicted molar refractivity (Wildman–Crippen MR) is 336 cm³/mol. The number of aromatic nitrogens is 4. The van der Waals surface area contributed by atoms with E-state index in [1.807, 2.05) is 0 Å². The molecule has 0 spiro atoms. The van der Waals surface area contributed by atoms with Crippen LogP contribution < -0.4 is 0 Å². The van der Waals surface area contributed by atoms with Crippen molar-refractivity contribution in [3.05, 3.63) is 264 Å². The summed E-state index contributed by atoms with van der Waals surface area (Å²) >= 11 is 0. The summed E-state index contributed by atoms with van der Waals surface area (Å²) in [6.07, 6.45) is 0. The van der Waals surface area contributed by atoms with E-state index in [1.54, 1.807) is 146 Å². The van der Waals surface area contributed by atoms with Crippen LogP contribution in [0, 0.1) is 69.8 Å². The van der Waals surface area contributed by atoms with E-state index < -0.39 is 69.8 Å². The Morgan fingerprint density at radius 1 is 0.217 bits per heavy atom. The highest BCUT2D eigenvalue weighted by Gasteiger charge is 2.33. The number of aromatic amines is 2. The summed E-state index contributed by atoms with van der Waals surface area (Å²) in [5.41, 5.74) is -1.14. The maximum Gasteiger partial charge on any atom is 0.194 e. The summed E-state index contributed by atoms with van der Waals surface area (Å²) in [5, 5.41) is 5.79. The van der Waals surface area contributed by atoms with E-state index in [2.05, 4.69) is 9.97 Å². The lowest BCUT2D eigenvalue weighted by molar-refractivity contribution is 0.447. The molecule has 4 heterocycles.